The molecule has 4 rings (SSSR count). The molecule has 1 aromatic heterocycles. The van der Waals surface area contributed by atoms with Gasteiger partial charge in [0.15, 0.2) is 11.2 Å². The van der Waals surface area contributed by atoms with Gasteiger partial charge in [0.2, 0.25) is 5.89 Å². The van der Waals surface area contributed by atoms with Crippen molar-refractivity contribution >= 4 is 44.7 Å². The van der Waals surface area contributed by atoms with Gasteiger partial charge in [-0.2, -0.15) is 0 Å². The molecular formula is C20H15BrN2O5. The van der Waals surface area contributed by atoms with Crippen molar-refractivity contribution in [3.63, 3.8) is 0 Å². The minimum Gasteiger partial charge on any atom is -0.436 e. The van der Waals surface area contributed by atoms with Gasteiger partial charge in [0.25, 0.3) is 5.79 Å². The molecule has 1 aliphatic rings. The maximum absolute atomic E-state index is 12.0. The Morgan fingerprint density at radius 2 is 1.82 bits per heavy atom. The van der Waals surface area contributed by atoms with E-state index in [1.165, 1.54) is 20.0 Å². The van der Waals surface area contributed by atoms with E-state index in [0.717, 1.165) is 10.0 Å². The molecule has 0 spiro atoms. The van der Waals surface area contributed by atoms with Gasteiger partial charge < -0.3 is 19.2 Å². The summed E-state index contributed by atoms with van der Waals surface area (Å²) in [6, 6.07) is 12.9. The highest BCUT2D eigenvalue weighted by Crippen LogP contribution is 2.28. The molecule has 2 heterocycles. The number of rotatable bonds is 3. The second-order valence-corrected chi connectivity index (χ2v) is 7.51. The molecular weight excluding hydrogens is 428 g/mol. The van der Waals surface area contributed by atoms with Crippen molar-refractivity contribution < 1.29 is 23.5 Å². The number of hydrogen-bond acceptors (Lipinski definition) is 7. The number of aromatic nitrogens is 1. The lowest BCUT2D eigenvalue weighted by Crippen LogP contribution is -2.42. The van der Waals surface area contributed by atoms with Crippen molar-refractivity contribution in [2.75, 3.05) is 5.32 Å². The fourth-order valence-corrected chi connectivity index (χ4v) is 3.10. The van der Waals surface area contributed by atoms with E-state index in [1.54, 1.807) is 18.2 Å². The Kier molecular flexibility index (Phi) is 4.43. The van der Waals surface area contributed by atoms with Crippen LogP contribution in [0, 0.1) is 0 Å². The third kappa shape index (κ3) is 3.63. The molecule has 142 valence electrons. The van der Waals surface area contributed by atoms with Crippen LogP contribution < -0.4 is 5.32 Å². The van der Waals surface area contributed by atoms with Crippen LogP contribution in [0.15, 0.2) is 63.1 Å². The first-order chi connectivity index (χ1) is 13.3. The Hall–Kier alpha value is -3.13. The normalized spacial score (nSPS) is 15.9. The molecule has 0 unspecified atom stereocenters. The van der Waals surface area contributed by atoms with E-state index >= 15 is 0 Å². The van der Waals surface area contributed by atoms with E-state index in [2.05, 4.69) is 26.2 Å². The van der Waals surface area contributed by atoms with Crippen LogP contribution in [0.2, 0.25) is 0 Å². The molecule has 0 amide bonds. The van der Waals surface area contributed by atoms with Crippen molar-refractivity contribution in [2.24, 2.45) is 0 Å². The molecule has 1 fully saturated rings. The van der Waals surface area contributed by atoms with Crippen LogP contribution in [0.1, 0.15) is 13.8 Å². The van der Waals surface area contributed by atoms with Gasteiger partial charge in [-0.15, -0.1) is 0 Å². The summed E-state index contributed by atoms with van der Waals surface area (Å²) < 4.78 is 16.8. The molecule has 7 nitrogen and oxygen atoms in total. The van der Waals surface area contributed by atoms with Gasteiger partial charge in [0.1, 0.15) is 5.52 Å². The lowest BCUT2D eigenvalue weighted by atomic mass is 10.2. The Morgan fingerprint density at radius 3 is 2.54 bits per heavy atom. The van der Waals surface area contributed by atoms with Gasteiger partial charge in [-0.3, -0.25) is 0 Å². The number of hydrogen-bond donors (Lipinski definition) is 1. The van der Waals surface area contributed by atoms with Crippen LogP contribution in [0.25, 0.3) is 22.6 Å². The summed E-state index contributed by atoms with van der Waals surface area (Å²) >= 11 is 3.43. The van der Waals surface area contributed by atoms with Gasteiger partial charge >= 0.3 is 11.9 Å². The number of halogens is 1. The summed E-state index contributed by atoms with van der Waals surface area (Å²) in [5.41, 5.74) is 2.51. The number of anilines is 1. The van der Waals surface area contributed by atoms with Gasteiger partial charge in [-0.25, -0.2) is 14.6 Å². The zero-order chi connectivity index (χ0) is 19.9. The average molecular weight is 443 g/mol. The highest BCUT2D eigenvalue weighted by Gasteiger charge is 2.38. The number of carbonyl (C=O) groups excluding carboxylic acids is 2. The van der Waals surface area contributed by atoms with Crippen LogP contribution in [0.4, 0.5) is 5.69 Å². The number of oxazole rings is 1. The first kappa shape index (κ1) is 18.2. The SMILES string of the molecule is CC1(C)OC(=O)C(=CNc2ccc3oc(-c4cccc(Br)c4)nc3c2)C(=O)O1. The van der Waals surface area contributed by atoms with E-state index < -0.39 is 17.7 Å². The van der Waals surface area contributed by atoms with Crippen molar-refractivity contribution in [2.45, 2.75) is 19.6 Å². The van der Waals surface area contributed by atoms with Gasteiger partial charge in [-0.1, -0.05) is 22.0 Å². The van der Waals surface area contributed by atoms with Gasteiger partial charge in [-0.05, 0) is 36.4 Å². The molecule has 0 atom stereocenters. The number of carbonyl (C=O) groups is 2. The summed E-state index contributed by atoms with van der Waals surface area (Å²) in [4.78, 5) is 28.5. The van der Waals surface area contributed by atoms with E-state index in [4.69, 9.17) is 13.9 Å². The van der Waals surface area contributed by atoms with E-state index in [9.17, 15) is 9.59 Å². The molecule has 3 aromatic rings. The fourth-order valence-electron chi connectivity index (χ4n) is 2.70. The number of nitrogens with one attached hydrogen (secondary N) is 1. The van der Waals surface area contributed by atoms with Crippen LogP contribution in [-0.4, -0.2) is 22.7 Å². The average Bonchev–Trinajstić information content (AvgIpc) is 3.03. The van der Waals surface area contributed by atoms with Crippen molar-refractivity contribution in [1.29, 1.82) is 0 Å². The smallest absolute Gasteiger partial charge is 0.350 e. The molecule has 1 saturated heterocycles. The quantitative estimate of drug-likeness (QED) is 0.365. The summed E-state index contributed by atoms with van der Waals surface area (Å²) in [5.74, 6) is -2.26. The van der Waals surface area contributed by atoms with Crippen LogP contribution in [-0.2, 0) is 19.1 Å². The fraction of sp³-hybridized carbons (Fsp3) is 0.150. The van der Waals surface area contributed by atoms with E-state index in [-0.39, 0.29) is 5.57 Å². The summed E-state index contributed by atoms with van der Waals surface area (Å²) in [7, 11) is 0. The number of esters is 2. The molecule has 0 bridgehead atoms. The maximum atomic E-state index is 12.0. The third-order valence-corrected chi connectivity index (χ3v) is 4.45. The van der Waals surface area contributed by atoms with Crippen LogP contribution in [0.3, 0.4) is 0 Å². The van der Waals surface area contributed by atoms with Gasteiger partial charge in [0, 0.05) is 35.8 Å². The Morgan fingerprint density at radius 1 is 1.07 bits per heavy atom. The molecule has 1 N–H and O–H groups in total. The molecule has 0 saturated carbocycles. The summed E-state index contributed by atoms with van der Waals surface area (Å²) in [5, 5.41) is 2.90. The molecule has 0 radical (unpaired) electrons. The lowest BCUT2D eigenvalue weighted by Gasteiger charge is -2.29. The Bertz CT molecular complexity index is 1110. The second kappa shape index (κ2) is 6.79. The van der Waals surface area contributed by atoms with Gasteiger partial charge in [0.05, 0.1) is 0 Å². The van der Waals surface area contributed by atoms with Crippen molar-refractivity contribution in [1.82, 2.24) is 4.98 Å². The zero-order valence-electron chi connectivity index (χ0n) is 15.0. The minimum absolute atomic E-state index is 0.214. The molecule has 0 aliphatic carbocycles. The summed E-state index contributed by atoms with van der Waals surface area (Å²) in [6.45, 7) is 2.99. The minimum atomic E-state index is -1.27. The zero-order valence-corrected chi connectivity index (χ0v) is 16.6. The molecule has 28 heavy (non-hydrogen) atoms. The van der Waals surface area contributed by atoms with E-state index in [0.29, 0.717) is 22.7 Å². The van der Waals surface area contributed by atoms with Crippen LogP contribution in [0.5, 0.6) is 0 Å². The number of ether oxygens (including phenoxy) is 2. The Balaban J connectivity index is 1.59. The predicted octanol–water partition coefficient (Wildman–Crippen LogP) is 4.39. The molecule has 8 heteroatoms. The number of cyclic esters (lactones) is 2. The Labute approximate surface area is 168 Å². The summed E-state index contributed by atoms with van der Waals surface area (Å²) in [6.07, 6.45) is 1.26. The number of nitrogens with zero attached hydrogens (tertiary/aromatic N) is 1. The first-order valence-corrected chi connectivity index (χ1v) is 9.20. The second-order valence-electron chi connectivity index (χ2n) is 6.59. The number of fused-ring (bicyclic) bond motifs is 1. The molecule has 2 aromatic carbocycles. The highest BCUT2D eigenvalue weighted by atomic mass is 79.9. The van der Waals surface area contributed by atoms with Crippen molar-refractivity contribution in [3.8, 4) is 11.5 Å². The third-order valence-electron chi connectivity index (χ3n) is 3.96. The highest BCUT2D eigenvalue weighted by molar-refractivity contribution is 9.10. The number of benzene rings is 2. The lowest BCUT2D eigenvalue weighted by molar-refractivity contribution is -0.222. The van der Waals surface area contributed by atoms with E-state index in [1.807, 2.05) is 24.3 Å². The predicted molar refractivity (Wildman–Crippen MR) is 105 cm³/mol. The van der Waals surface area contributed by atoms with Crippen LogP contribution >= 0.6 is 15.9 Å². The first-order valence-electron chi connectivity index (χ1n) is 8.41. The van der Waals surface area contributed by atoms with Crippen molar-refractivity contribution in [3.05, 3.63) is 58.7 Å². The topological polar surface area (TPSA) is 90.7 Å². The molecule has 1 aliphatic heterocycles. The monoisotopic (exact) mass is 442 g/mol. The maximum Gasteiger partial charge on any atom is 0.350 e. The standard InChI is InChI=1S/C20H15BrN2O5/c1-20(2)27-18(24)14(19(25)28-20)10-22-13-6-7-16-15(9-13)23-17(26-16)11-4-3-5-12(21)8-11/h3-10,22H,1-2H3. The largest absolute Gasteiger partial charge is 0.436 e.